The van der Waals surface area contributed by atoms with E-state index < -0.39 is 11.5 Å². The van der Waals surface area contributed by atoms with Crippen LogP contribution in [0.25, 0.3) is 0 Å². The third kappa shape index (κ3) is 9.47. The van der Waals surface area contributed by atoms with Crippen LogP contribution in [0.2, 0.25) is 0 Å². The minimum absolute atomic E-state index is 0.00808. The van der Waals surface area contributed by atoms with Gasteiger partial charge in [-0.1, -0.05) is 34.1 Å². The van der Waals surface area contributed by atoms with Crippen molar-refractivity contribution >= 4 is 11.8 Å². The molecular weight excluding hydrogens is 244 g/mol. The molecule has 0 aliphatic carbocycles. The summed E-state index contributed by atoms with van der Waals surface area (Å²) in [5, 5.41) is 14.9. The van der Waals surface area contributed by atoms with Crippen LogP contribution in [0.1, 0.15) is 53.4 Å². The lowest BCUT2D eigenvalue weighted by Crippen LogP contribution is -2.36. The summed E-state index contributed by atoms with van der Waals surface area (Å²) in [5.74, 6) is -0.0913. The largest absolute Gasteiger partial charge is 0.391 e. The van der Waals surface area contributed by atoms with Crippen LogP contribution in [0.15, 0.2) is 0 Å². The van der Waals surface area contributed by atoms with E-state index in [0.717, 1.165) is 6.42 Å². The van der Waals surface area contributed by atoms with Gasteiger partial charge in [-0.25, -0.2) is 0 Å². The first kappa shape index (κ1) is 17.9. The lowest BCUT2D eigenvalue weighted by molar-refractivity contribution is -0.128. The molecule has 0 saturated carbocycles. The van der Waals surface area contributed by atoms with Gasteiger partial charge < -0.3 is 15.7 Å². The van der Waals surface area contributed by atoms with Crippen molar-refractivity contribution in [2.45, 2.75) is 59.5 Å². The minimum Gasteiger partial charge on any atom is -0.391 e. The highest BCUT2D eigenvalue weighted by Crippen LogP contribution is 2.12. The quantitative estimate of drug-likeness (QED) is 0.581. The summed E-state index contributed by atoms with van der Waals surface area (Å²) in [6.07, 6.45) is 2.10. The maximum atomic E-state index is 11.6. The van der Waals surface area contributed by atoms with Gasteiger partial charge in [0.25, 0.3) is 0 Å². The molecule has 5 nitrogen and oxygen atoms in total. The molecule has 0 spiro atoms. The molecule has 0 aromatic rings. The number of carbonyl (C=O) groups is 2. The monoisotopic (exact) mass is 272 g/mol. The summed E-state index contributed by atoms with van der Waals surface area (Å²) in [6.45, 7) is 8.35. The number of aliphatic hydroxyl groups excluding tert-OH is 1. The van der Waals surface area contributed by atoms with Gasteiger partial charge in [-0.05, 0) is 12.8 Å². The van der Waals surface area contributed by atoms with Crippen molar-refractivity contribution in [2.75, 3.05) is 13.1 Å². The standard InChI is InChI=1S/C14H28N2O3/c1-5-7-11(17)10-16-12(18)8-6-9-15-13(19)14(2,3)4/h11,17H,5-10H2,1-4H3,(H,15,19)(H,16,18). The lowest BCUT2D eigenvalue weighted by atomic mass is 9.96. The van der Waals surface area contributed by atoms with Crippen LogP contribution >= 0.6 is 0 Å². The summed E-state index contributed by atoms with van der Waals surface area (Å²) < 4.78 is 0. The third-order valence-corrected chi connectivity index (χ3v) is 2.70. The van der Waals surface area contributed by atoms with Crippen molar-refractivity contribution < 1.29 is 14.7 Å². The summed E-state index contributed by atoms with van der Waals surface area (Å²) in [7, 11) is 0. The van der Waals surface area contributed by atoms with Crippen molar-refractivity contribution in [1.82, 2.24) is 10.6 Å². The van der Waals surface area contributed by atoms with Gasteiger partial charge in [-0.2, -0.15) is 0 Å². The molecule has 1 unspecified atom stereocenters. The first-order chi connectivity index (χ1) is 8.77. The summed E-state index contributed by atoms with van der Waals surface area (Å²) in [6, 6.07) is 0. The minimum atomic E-state index is -0.463. The molecule has 3 N–H and O–H groups in total. The Morgan fingerprint density at radius 2 is 1.84 bits per heavy atom. The number of nitrogens with one attached hydrogen (secondary N) is 2. The summed E-state index contributed by atoms with van der Waals surface area (Å²) in [5.41, 5.74) is -0.396. The fourth-order valence-electron chi connectivity index (χ4n) is 1.47. The number of carbonyl (C=O) groups excluding carboxylic acids is 2. The number of rotatable bonds is 8. The Morgan fingerprint density at radius 1 is 1.21 bits per heavy atom. The van der Waals surface area contributed by atoms with E-state index in [1.165, 1.54) is 0 Å². The van der Waals surface area contributed by atoms with Gasteiger partial charge in [-0.15, -0.1) is 0 Å². The second kappa shape index (κ2) is 8.91. The van der Waals surface area contributed by atoms with E-state index in [1.54, 1.807) is 0 Å². The molecule has 5 heteroatoms. The van der Waals surface area contributed by atoms with E-state index in [-0.39, 0.29) is 11.8 Å². The van der Waals surface area contributed by atoms with Crippen molar-refractivity contribution in [3.8, 4) is 0 Å². The maximum absolute atomic E-state index is 11.6. The van der Waals surface area contributed by atoms with E-state index in [1.807, 2.05) is 27.7 Å². The highest BCUT2D eigenvalue weighted by atomic mass is 16.3. The van der Waals surface area contributed by atoms with Crippen LogP contribution in [0, 0.1) is 5.41 Å². The van der Waals surface area contributed by atoms with Crippen LogP contribution in [0.4, 0.5) is 0 Å². The summed E-state index contributed by atoms with van der Waals surface area (Å²) in [4.78, 5) is 23.0. The molecule has 112 valence electrons. The molecule has 1 atom stereocenters. The molecule has 0 heterocycles. The Hall–Kier alpha value is -1.10. The molecule has 0 aromatic heterocycles. The van der Waals surface area contributed by atoms with Gasteiger partial charge in [0.15, 0.2) is 0 Å². The Labute approximate surface area is 116 Å². The Bertz CT molecular complexity index is 285. The van der Waals surface area contributed by atoms with Crippen LogP contribution < -0.4 is 10.6 Å². The number of hydrogen-bond acceptors (Lipinski definition) is 3. The maximum Gasteiger partial charge on any atom is 0.225 e. The van der Waals surface area contributed by atoms with E-state index in [2.05, 4.69) is 10.6 Å². The summed E-state index contributed by atoms with van der Waals surface area (Å²) >= 11 is 0. The molecule has 0 aliphatic rings. The van der Waals surface area contributed by atoms with Crippen molar-refractivity contribution in [3.05, 3.63) is 0 Å². The Kier molecular flexibility index (Phi) is 8.39. The van der Waals surface area contributed by atoms with Gasteiger partial charge >= 0.3 is 0 Å². The van der Waals surface area contributed by atoms with Gasteiger partial charge in [-0.3, -0.25) is 9.59 Å². The predicted molar refractivity (Wildman–Crippen MR) is 75.6 cm³/mol. The smallest absolute Gasteiger partial charge is 0.225 e. The molecule has 19 heavy (non-hydrogen) atoms. The average molecular weight is 272 g/mol. The number of aliphatic hydroxyl groups is 1. The highest BCUT2D eigenvalue weighted by Gasteiger charge is 2.20. The first-order valence-corrected chi connectivity index (χ1v) is 7.00. The third-order valence-electron chi connectivity index (χ3n) is 2.70. The zero-order chi connectivity index (χ0) is 14.9. The van der Waals surface area contributed by atoms with Crippen LogP contribution in [0.3, 0.4) is 0 Å². The average Bonchev–Trinajstić information content (AvgIpc) is 2.31. The second-order valence-corrected chi connectivity index (χ2v) is 5.86. The number of amides is 2. The Morgan fingerprint density at radius 3 is 2.37 bits per heavy atom. The van der Waals surface area contributed by atoms with Crippen LogP contribution in [-0.2, 0) is 9.59 Å². The normalized spacial score (nSPS) is 12.9. The van der Waals surface area contributed by atoms with E-state index in [4.69, 9.17) is 0 Å². The van der Waals surface area contributed by atoms with Crippen molar-refractivity contribution in [2.24, 2.45) is 5.41 Å². The number of hydrogen-bond donors (Lipinski definition) is 3. The molecule has 0 bridgehead atoms. The van der Waals surface area contributed by atoms with Gasteiger partial charge in [0.2, 0.25) is 11.8 Å². The first-order valence-electron chi connectivity index (χ1n) is 7.00. The topological polar surface area (TPSA) is 78.4 Å². The zero-order valence-electron chi connectivity index (χ0n) is 12.6. The lowest BCUT2D eigenvalue weighted by Gasteiger charge is -2.17. The molecular formula is C14H28N2O3. The molecule has 0 aliphatic heterocycles. The fourth-order valence-corrected chi connectivity index (χ4v) is 1.47. The second-order valence-electron chi connectivity index (χ2n) is 5.86. The highest BCUT2D eigenvalue weighted by molar-refractivity contribution is 5.81. The molecule has 0 rings (SSSR count). The molecule has 2 amide bonds. The molecule has 0 aromatic carbocycles. The SMILES string of the molecule is CCCC(O)CNC(=O)CCCNC(=O)C(C)(C)C. The van der Waals surface area contributed by atoms with E-state index in [0.29, 0.717) is 32.4 Å². The van der Waals surface area contributed by atoms with Crippen LogP contribution in [0.5, 0.6) is 0 Å². The molecule has 0 fully saturated rings. The molecule has 0 saturated heterocycles. The van der Waals surface area contributed by atoms with Gasteiger partial charge in [0.1, 0.15) is 0 Å². The van der Waals surface area contributed by atoms with Crippen molar-refractivity contribution in [3.63, 3.8) is 0 Å². The molecule has 0 radical (unpaired) electrons. The van der Waals surface area contributed by atoms with Crippen LogP contribution in [-0.4, -0.2) is 36.1 Å². The van der Waals surface area contributed by atoms with Crippen molar-refractivity contribution in [1.29, 1.82) is 0 Å². The predicted octanol–water partition coefficient (Wildman–Crippen LogP) is 1.21. The van der Waals surface area contributed by atoms with Gasteiger partial charge in [0.05, 0.1) is 6.10 Å². The zero-order valence-corrected chi connectivity index (χ0v) is 12.6. The van der Waals surface area contributed by atoms with E-state index in [9.17, 15) is 14.7 Å². The van der Waals surface area contributed by atoms with E-state index >= 15 is 0 Å². The fraction of sp³-hybridized carbons (Fsp3) is 0.857. The van der Waals surface area contributed by atoms with Gasteiger partial charge in [0, 0.05) is 24.9 Å². The Balaban J connectivity index is 3.62.